The molecule has 112 valence electrons. The van der Waals surface area contributed by atoms with E-state index in [1.807, 2.05) is 17.7 Å². The molecular weight excluding hydrogens is 306 g/mol. The highest BCUT2D eigenvalue weighted by atomic mass is 32.2. The quantitative estimate of drug-likeness (QED) is 0.825. The Hall–Kier alpha value is -1.41. The highest BCUT2D eigenvalue weighted by Gasteiger charge is 2.29. The first-order valence-corrected chi connectivity index (χ1v) is 8.60. The number of nitrogens with zero attached hydrogens (tertiary/aromatic N) is 4. The molecule has 1 atom stereocenters. The standard InChI is InChI=1S/C13H17N5OS2/c1-8-3-6-11(20-8)7-14-12(19)9(2)21-13-15-16-17-18(13)10-4-5-10/h3,6,9-10H,4-5,7H2,1-2H3,(H,14,19). The van der Waals surface area contributed by atoms with E-state index in [-0.39, 0.29) is 11.2 Å². The maximum absolute atomic E-state index is 12.1. The third kappa shape index (κ3) is 3.62. The number of thioether (sulfide) groups is 1. The Balaban J connectivity index is 1.53. The van der Waals surface area contributed by atoms with Crippen LogP contribution in [-0.4, -0.2) is 31.4 Å². The van der Waals surface area contributed by atoms with Gasteiger partial charge in [0.2, 0.25) is 11.1 Å². The summed E-state index contributed by atoms with van der Waals surface area (Å²) in [6.07, 6.45) is 2.24. The van der Waals surface area contributed by atoms with E-state index in [2.05, 4.69) is 33.8 Å². The van der Waals surface area contributed by atoms with Crippen molar-refractivity contribution in [3.63, 3.8) is 0 Å². The summed E-state index contributed by atoms with van der Waals surface area (Å²) in [5, 5.41) is 15.2. The fraction of sp³-hybridized carbons (Fsp3) is 0.538. The number of hydrogen-bond donors (Lipinski definition) is 1. The lowest BCUT2D eigenvalue weighted by molar-refractivity contribution is -0.120. The molecule has 0 radical (unpaired) electrons. The van der Waals surface area contributed by atoms with E-state index in [1.165, 1.54) is 21.5 Å². The third-order valence-corrected chi connectivity index (χ3v) is 5.29. The smallest absolute Gasteiger partial charge is 0.233 e. The normalized spacial score (nSPS) is 15.9. The summed E-state index contributed by atoms with van der Waals surface area (Å²) in [4.78, 5) is 14.6. The van der Waals surface area contributed by atoms with Crippen molar-refractivity contribution < 1.29 is 4.79 Å². The van der Waals surface area contributed by atoms with Gasteiger partial charge in [-0.25, -0.2) is 4.68 Å². The van der Waals surface area contributed by atoms with Crippen LogP contribution in [0.2, 0.25) is 0 Å². The van der Waals surface area contributed by atoms with Crippen molar-refractivity contribution in [2.45, 2.75) is 49.7 Å². The van der Waals surface area contributed by atoms with Crippen molar-refractivity contribution >= 4 is 29.0 Å². The second-order valence-electron chi connectivity index (χ2n) is 5.13. The molecule has 0 aromatic carbocycles. The Bertz CT molecular complexity index is 634. The Kier molecular flexibility index (Phi) is 4.25. The van der Waals surface area contributed by atoms with Gasteiger partial charge in [0, 0.05) is 9.75 Å². The molecule has 1 N–H and O–H groups in total. The molecule has 8 heteroatoms. The van der Waals surface area contributed by atoms with Crippen molar-refractivity contribution in [2.24, 2.45) is 0 Å². The van der Waals surface area contributed by atoms with Gasteiger partial charge in [0.05, 0.1) is 17.8 Å². The van der Waals surface area contributed by atoms with Crippen LogP contribution in [0.5, 0.6) is 0 Å². The zero-order valence-corrected chi connectivity index (χ0v) is 13.6. The monoisotopic (exact) mass is 323 g/mol. The third-order valence-electron chi connectivity index (χ3n) is 3.24. The van der Waals surface area contributed by atoms with Crippen molar-refractivity contribution in [1.29, 1.82) is 0 Å². The van der Waals surface area contributed by atoms with Crippen LogP contribution in [-0.2, 0) is 11.3 Å². The van der Waals surface area contributed by atoms with E-state index < -0.39 is 0 Å². The molecular formula is C13H17N5OS2. The fourth-order valence-electron chi connectivity index (χ4n) is 1.92. The predicted octanol–water partition coefficient (Wildman–Crippen LogP) is 2.17. The van der Waals surface area contributed by atoms with Crippen LogP contribution in [0.15, 0.2) is 17.3 Å². The van der Waals surface area contributed by atoms with Crippen LogP contribution in [0, 0.1) is 6.92 Å². The zero-order valence-electron chi connectivity index (χ0n) is 11.9. The Morgan fingerprint density at radius 1 is 1.57 bits per heavy atom. The molecule has 0 aliphatic heterocycles. The van der Waals surface area contributed by atoms with Gasteiger partial charge in [-0.1, -0.05) is 11.8 Å². The lowest BCUT2D eigenvalue weighted by Gasteiger charge is -2.10. The molecule has 2 aromatic heterocycles. The van der Waals surface area contributed by atoms with Gasteiger partial charge in [-0.15, -0.1) is 16.4 Å². The second-order valence-corrected chi connectivity index (χ2v) is 7.81. The maximum atomic E-state index is 12.1. The van der Waals surface area contributed by atoms with Crippen molar-refractivity contribution in [3.8, 4) is 0 Å². The SMILES string of the molecule is Cc1ccc(CNC(=O)C(C)Sc2nnnn2C2CC2)s1. The highest BCUT2D eigenvalue weighted by Crippen LogP contribution is 2.37. The number of hydrogen-bond acceptors (Lipinski definition) is 6. The molecule has 1 amide bonds. The number of carbonyl (C=O) groups is 1. The van der Waals surface area contributed by atoms with Gasteiger partial charge in [-0.3, -0.25) is 4.79 Å². The summed E-state index contributed by atoms with van der Waals surface area (Å²) in [6, 6.07) is 4.53. The van der Waals surface area contributed by atoms with Gasteiger partial charge in [0.1, 0.15) is 0 Å². The molecule has 1 aliphatic carbocycles. The van der Waals surface area contributed by atoms with E-state index in [4.69, 9.17) is 0 Å². The summed E-state index contributed by atoms with van der Waals surface area (Å²) in [7, 11) is 0. The van der Waals surface area contributed by atoms with Gasteiger partial charge < -0.3 is 5.32 Å². The van der Waals surface area contributed by atoms with Crippen LogP contribution < -0.4 is 5.32 Å². The first-order valence-electron chi connectivity index (χ1n) is 6.91. The number of tetrazole rings is 1. The van der Waals surface area contributed by atoms with Gasteiger partial charge in [0.25, 0.3) is 0 Å². The van der Waals surface area contributed by atoms with Gasteiger partial charge in [-0.2, -0.15) is 0 Å². The number of nitrogens with one attached hydrogen (secondary N) is 1. The molecule has 1 saturated carbocycles. The number of rotatable bonds is 6. The summed E-state index contributed by atoms with van der Waals surface area (Å²) in [5.41, 5.74) is 0. The first-order chi connectivity index (χ1) is 10.1. The molecule has 0 bridgehead atoms. The molecule has 1 fully saturated rings. The zero-order chi connectivity index (χ0) is 14.8. The van der Waals surface area contributed by atoms with Crippen LogP contribution in [0.3, 0.4) is 0 Å². The number of aryl methyl sites for hydroxylation is 1. The van der Waals surface area contributed by atoms with Crippen LogP contribution in [0.4, 0.5) is 0 Å². The number of amides is 1. The van der Waals surface area contributed by atoms with Crippen molar-refractivity contribution in [2.75, 3.05) is 0 Å². The molecule has 0 saturated heterocycles. The van der Waals surface area contributed by atoms with E-state index in [0.717, 1.165) is 18.0 Å². The minimum absolute atomic E-state index is 0.0106. The molecule has 6 nitrogen and oxygen atoms in total. The van der Waals surface area contributed by atoms with E-state index in [9.17, 15) is 4.79 Å². The molecule has 0 spiro atoms. The lowest BCUT2D eigenvalue weighted by Crippen LogP contribution is -2.30. The van der Waals surface area contributed by atoms with Crippen LogP contribution >= 0.6 is 23.1 Å². The van der Waals surface area contributed by atoms with E-state index in [1.54, 1.807) is 11.3 Å². The molecule has 21 heavy (non-hydrogen) atoms. The maximum Gasteiger partial charge on any atom is 0.233 e. The number of carbonyl (C=O) groups excluding carboxylic acids is 1. The number of aromatic nitrogens is 4. The van der Waals surface area contributed by atoms with Crippen molar-refractivity contribution in [1.82, 2.24) is 25.5 Å². The summed E-state index contributed by atoms with van der Waals surface area (Å²) < 4.78 is 1.83. The van der Waals surface area contributed by atoms with E-state index in [0.29, 0.717) is 12.6 Å². The highest BCUT2D eigenvalue weighted by molar-refractivity contribution is 8.00. The van der Waals surface area contributed by atoms with Crippen LogP contribution in [0.25, 0.3) is 0 Å². The van der Waals surface area contributed by atoms with Crippen molar-refractivity contribution in [3.05, 3.63) is 21.9 Å². The number of thiophene rings is 1. The summed E-state index contributed by atoms with van der Waals surface area (Å²) in [5.74, 6) is 0.0106. The minimum Gasteiger partial charge on any atom is -0.350 e. The summed E-state index contributed by atoms with van der Waals surface area (Å²) in [6.45, 7) is 4.52. The molecule has 1 aliphatic rings. The fourth-order valence-corrected chi connectivity index (χ4v) is 3.63. The summed E-state index contributed by atoms with van der Waals surface area (Å²) >= 11 is 3.12. The Morgan fingerprint density at radius 3 is 3.05 bits per heavy atom. The van der Waals surface area contributed by atoms with Gasteiger partial charge in [0.15, 0.2) is 0 Å². The molecule has 1 unspecified atom stereocenters. The molecule has 2 aromatic rings. The molecule has 3 rings (SSSR count). The minimum atomic E-state index is -0.213. The van der Waals surface area contributed by atoms with Crippen LogP contribution in [0.1, 0.15) is 35.6 Å². The van der Waals surface area contributed by atoms with Gasteiger partial charge >= 0.3 is 0 Å². The molecule has 2 heterocycles. The second kappa shape index (κ2) is 6.15. The average Bonchev–Trinajstić information content (AvgIpc) is 3.07. The van der Waals surface area contributed by atoms with E-state index >= 15 is 0 Å². The Labute approximate surface area is 131 Å². The van der Waals surface area contributed by atoms with Gasteiger partial charge in [-0.05, 0) is 49.2 Å². The average molecular weight is 323 g/mol. The topological polar surface area (TPSA) is 72.7 Å². The lowest BCUT2D eigenvalue weighted by atomic mass is 10.4. The largest absolute Gasteiger partial charge is 0.350 e. The predicted molar refractivity (Wildman–Crippen MR) is 82.3 cm³/mol. The first kappa shape index (κ1) is 14.5. The Morgan fingerprint density at radius 2 is 2.38 bits per heavy atom.